The molecule has 1 aromatic carbocycles. The summed E-state index contributed by atoms with van der Waals surface area (Å²) in [5.74, 6) is 0. The highest BCUT2D eigenvalue weighted by Crippen LogP contribution is 2.20. The number of carbonyl (C=O) groups excluding carboxylic acids is 1. The Kier molecular flexibility index (Phi) is 3.12. The monoisotopic (exact) mass is 191 g/mol. The molecule has 0 amide bonds. The Bertz CT molecular complexity index is 396. The average Bonchev–Trinajstić information content (AvgIpc) is 2.14. The summed E-state index contributed by atoms with van der Waals surface area (Å²) in [6, 6.07) is 4.76. The molecular formula is C10H9NO3. The molecule has 0 N–H and O–H groups in total. The standard InChI is InChI=1S/C10H9NO3/c1-8-4-5-10(11(13)14)9(7-8)3-2-6-12/h2-7H,1H3. The zero-order valence-corrected chi connectivity index (χ0v) is 7.64. The van der Waals surface area contributed by atoms with Gasteiger partial charge in [-0.15, -0.1) is 0 Å². The summed E-state index contributed by atoms with van der Waals surface area (Å²) in [5.41, 5.74) is 1.37. The van der Waals surface area contributed by atoms with E-state index < -0.39 is 4.92 Å². The lowest BCUT2D eigenvalue weighted by Gasteiger charge is -1.98. The van der Waals surface area contributed by atoms with Gasteiger partial charge in [-0.2, -0.15) is 0 Å². The van der Waals surface area contributed by atoms with E-state index in [9.17, 15) is 14.9 Å². The second kappa shape index (κ2) is 4.32. The van der Waals surface area contributed by atoms with Crippen molar-refractivity contribution in [3.05, 3.63) is 45.5 Å². The Morgan fingerprint density at radius 3 is 2.71 bits per heavy atom. The van der Waals surface area contributed by atoms with Crippen molar-refractivity contribution in [3.8, 4) is 0 Å². The van der Waals surface area contributed by atoms with Crippen molar-refractivity contribution in [1.82, 2.24) is 0 Å². The molecule has 4 nitrogen and oxygen atoms in total. The Morgan fingerprint density at radius 2 is 2.14 bits per heavy atom. The maximum atomic E-state index is 10.6. The normalized spacial score (nSPS) is 10.4. The second-order valence-electron chi connectivity index (χ2n) is 2.81. The molecule has 0 heterocycles. The van der Waals surface area contributed by atoms with Crippen LogP contribution in [0.15, 0.2) is 24.3 Å². The number of carbonyl (C=O) groups is 1. The Labute approximate surface area is 81.0 Å². The van der Waals surface area contributed by atoms with E-state index >= 15 is 0 Å². The number of aryl methyl sites for hydroxylation is 1. The summed E-state index contributed by atoms with van der Waals surface area (Å²) in [6.45, 7) is 1.84. The van der Waals surface area contributed by atoms with Crippen molar-refractivity contribution in [3.63, 3.8) is 0 Å². The number of benzene rings is 1. The smallest absolute Gasteiger partial charge is 0.276 e. The first-order valence-electron chi connectivity index (χ1n) is 4.02. The van der Waals surface area contributed by atoms with E-state index in [0.29, 0.717) is 11.8 Å². The minimum Gasteiger partial charge on any atom is -0.299 e. The molecule has 0 radical (unpaired) electrons. The SMILES string of the molecule is Cc1ccc([N+](=O)[O-])c(C=CC=O)c1. The molecule has 0 spiro atoms. The zero-order valence-electron chi connectivity index (χ0n) is 7.64. The molecule has 1 aromatic rings. The molecule has 0 aromatic heterocycles. The van der Waals surface area contributed by atoms with E-state index in [2.05, 4.69) is 0 Å². The first-order chi connectivity index (χ1) is 6.65. The minimum atomic E-state index is -0.468. The van der Waals surface area contributed by atoms with Crippen LogP contribution in [0, 0.1) is 17.0 Å². The number of nitro groups is 1. The number of aldehydes is 1. The van der Waals surface area contributed by atoms with Crippen molar-refractivity contribution >= 4 is 18.0 Å². The molecule has 0 fully saturated rings. The summed E-state index contributed by atoms with van der Waals surface area (Å²) in [4.78, 5) is 20.2. The zero-order chi connectivity index (χ0) is 10.6. The van der Waals surface area contributed by atoms with Gasteiger partial charge >= 0.3 is 0 Å². The third kappa shape index (κ3) is 2.26. The van der Waals surface area contributed by atoms with Crippen LogP contribution in [0.4, 0.5) is 5.69 Å². The van der Waals surface area contributed by atoms with Gasteiger partial charge < -0.3 is 0 Å². The lowest BCUT2D eigenvalue weighted by Crippen LogP contribution is -1.91. The topological polar surface area (TPSA) is 60.2 Å². The fraction of sp³-hybridized carbons (Fsp3) is 0.100. The van der Waals surface area contributed by atoms with E-state index in [1.54, 1.807) is 12.1 Å². The predicted octanol–water partition coefficient (Wildman–Crippen LogP) is 2.12. The number of nitrogens with zero attached hydrogens (tertiary/aromatic N) is 1. The third-order valence-corrected chi connectivity index (χ3v) is 1.73. The fourth-order valence-electron chi connectivity index (χ4n) is 1.12. The van der Waals surface area contributed by atoms with Crippen LogP contribution < -0.4 is 0 Å². The first-order valence-corrected chi connectivity index (χ1v) is 4.02. The summed E-state index contributed by atoms with van der Waals surface area (Å²) >= 11 is 0. The van der Waals surface area contributed by atoms with Gasteiger partial charge in [0.2, 0.25) is 0 Å². The highest BCUT2D eigenvalue weighted by molar-refractivity contribution is 5.76. The third-order valence-electron chi connectivity index (χ3n) is 1.73. The van der Waals surface area contributed by atoms with Crippen LogP contribution in [-0.2, 0) is 4.79 Å². The van der Waals surface area contributed by atoms with Crippen molar-refractivity contribution in [2.24, 2.45) is 0 Å². The summed E-state index contributed by atoms with van der Waals surface area (Å²) in [5, 5.41) is 10.6. The summed E-state index contributed by atoms with van der Waals surface area (Å²) in [6.07, 6.45) is 3.26. The van der Waals surface area contributed by atoms with Gasteiger partial charge in [-0.1, -0.05) is 11.6 Å². The van der Waals surface area contributed by atoms with Gasteiger partial charge in [-0.25, -0.2) is 0 Å². The number of nitro benzene ring substituents is 1. The van der Waals surface area contributed by atoms with Crippen LogP contribution in [0.1, 0.15) is 11.1 Å². The molecular weight excluding hydrogens is 182 g/mol. The molecule has 72 valence electrons. The number of rotatable bonds is 3. The average molecular weight is 191 g/mol. The number of hydrogen-bond acceptors (Lipinski definition) is 3. The van der Waals surface area contributed by atoms with Crippen molar-refractivity contribution in [1.29, 1.82) is 0 Å². The van der Waals surface area contributed by atoms with E-state index in [4.69, 9.17) is 0 Å². The van der Waals surface area contributed by atoms with Crippen LogP contribution in [0.3, 0.4) is 0 Å². The van der Waals surface area contributed by atoms with Crippen molar-refractivity contribution < 1.29 is 9.72 Å². The Morgan fingerprint density at radius 1 is 1.43 bits per heavy atom. The molecule has 0 aliphatic heterocycles. The van der Waals surface area contributed by atoms with Gasteiger partial charge in [-0.05, 0) is 25.1 Å². The Balaban J connectivity index is 3.22. The van der Waals surface area contributed by atoms with Crippen LogP contribution in [0.25, 0.3) is 6.08 Å². The molecule has 0 bridgehead atoms. The molecule has 0 atom stereocenters. The molecule has 0 aliphatic carbocycles. The first kappa shape index (κ1) is 10.1. The van der Waals surface area contributed by atoms with E-state index in [-0.39, 0.29) is 5.69 Å². The number of hydrogen-bond donors (Lipinski definition) is 0. The van der Waals surface area contributed by atoms with Crippen molar-refractivity contribution in [2.45, 2.75) is 6.92 Å². The van der Waals surface area contributed by atoms with Crippen molar-refractivity contribution in [2.75, 3.05) is 0 Å². The highest BCUT2D eigenvalue weighted by Gasteiger charge is 2.10. The summed E-state index contributed by atoms with van der Waals surface area (Å²) < 4.78 is 0. The van der Waals surface area contributed by atoms with Gasteiger partial charge in [0.05, 0.1) is 10.5 Å². The van der Waals surface area contributed by atoms with Gasteiger partial charge in [0.25, 0.3) is 5.69 Å². The van der Waals surface area contributed by atoms with E-state index in [1.807, 2.05) is 6.92 Å². The molecule has 1 rings (SSSR count). The quantitative estimate of drug-likeness (QED) is 0.318. The van der Waals surface area contributed by atoms with Gasteiger partial charge in [0.15, 0.2) is 0 Å². The van der Waals surface area contributed by atoms with Crippen LogP contribution in [0.5, 0.6) is 0 Å². The number of allylic oxidation sites excluding steroid dienone is 1. The predicted molar refractivity (Wildman–Crippen MR) is 52.9 cm³/mol. The van der Waals surface area contributed by atoms with Gasteiger partial charge in [0, 0.05) is 6.07 Å². The second-order valence-corrected chi connectivity index (χ2v) is 2.81. The maximum Gasteiger partial charge on any atom is 0.276 e. The molecule has 0 unspecified atom stereocenters. The highest BCUT2D eigenvalue weighted by atomic mass is 16.6. The van der Waals surface area contributed by atoms with Crippen LogP contribution in [-0.4, -0.2) is 11.2 Å². The molecule has 0 aliphatic rings. The lowest BCUT2D eigenvalue weighted by atomic mass is 10.1. The van der Waals surface area contributed by atoms with Crippen LogP contribution in [0.2, 0.25) is 0 Å². The molecule has 0 saturated carbocycles. The fourth-order valence-corrected chi connectivity index (χ4v) is 1.12. The van der Waals surface area contributed by atoms with E-state index in [0.717, 1.165) is 5.56 Å². The maximum absolute atomic E-state index is 10.6. The summed E-state index contributed by atoms with van der Waals surface area (Å²) in [7, 11) is 0. The van der Waals surface area contributed by atoms with E-state index in [1.165, 1.54) is 18.2 Å². The van der Waals surface area contributed by atoms with Crippen LogP contribution >= 0.6 is 0 Å². The lowest BCUT2D eigenvalue weighted by molar-refractivity contribution is -0.385. The molecule has 14 heavy (non-hydrogen) atoms. The largest absolute Gasteiger partial charge is 0.299 e. The minimum absolute atomic E-state index is 0.00806. The van der Waals surface area contributed by atoms with Gasteiger partial charge in [0.1, 0.15) is 6.29 Å². The molecule has 0 saturated heterocycles. The Hall–Kier alpha value is -1.97. The van der Waals surface area contributed by atoms with Gasteiger partial charge in [-0.3, -0.25) is 14.9 Å². The molecule has 4 heteroatoms.